The number of ether oxygens (including phenoxy) is 1. The minimum Gasteiger partial charge on any atom is -0.387 e. The number of carbonyl (C=O) groups is 2. The molecule has 0 bridgehead atoms. The number of hydrogen-bond donors (Lipinski definition) is 3. The number of amides is 2. The number of carbonyl (C=O) groups excluding carboxylic acids is 2. The number of aliphatic hydroxyl groups is 1. The SMILES string of the molecule is C[C@@H](c1cc(-c2ccccn2)n(CCCNC(=O)CO)n1)N(C(=O)[C@H]1CNCCO1)C1CC1. The monoisotopic (exact) mass is 456 g/mol. The highest BCUT2D eigenvalue weighted by molar-refractivity contribution is 5.82. The third kappa shape index (κ3) is 5.76. The molecular formula is C23H32N6O4. The van der Waals surface area contributed by atoms with Gasteiger partial charge in [-0.15, -0.1) is 0 Å². The summed E-state index contributed by atoms with van der Waals surface area (Å²) in [5.41, 5.74) is 2.47. The van der Waals surface area contributed by atoms with E-state index in [2.05, 4.69) is 15.6 Å². The van der Waals surface area contributed by atoms with Crippen LogP contribution in [-0.2, 0) is 20.9 Å². The van der Waals surface area contributed by atoms with Crippen LogP contribution in [-0.4, -0.2) is 81.6 Å². The van der Waals surface area contributed by atoms with E-state index in [1.54, 1.807) is 6.20 Å². The summed E-state index contributed by atoms with van der Waals surface area (Å²) in [6, 6.07) is 7.74. The topological polar surface area (TPSA) is 122 Å². The Bertz CT molecular complexity index is 940. The molecule has 0 radical (unpaired) electrons. The van der Waals surface area contributed by atoms with Crippen molar-refractivity contribution in [2.24, 2.45) is 0 Å². The molecular weight excluding hydrogens is 424 g/mol. The van der Waals surface area contributed by atoms with E-state index in [0.717, 1.165) is 36.5 Å². The van der Waals surface area contributed by atoms with Gasteiger partial charge in [-0.25, -0.2) is 0 Å². The Morgan fingerprint density at radius 1 is 1.39 bits per heavy atom. The van der Waals surface area contributed by atoms with E-state index >= 15 is 0 Å². The van der Waals surface area contributed by atoms with Crippen molar-refractivity contribution < 1.29 is 19.4 Å². The second-order valence-electron chi connectivity index (χ2n) is 8.47. The van der Waals surface area contributed by atoms with Gasteiger partial charge in [-0.1, -0.05) is 6.07 Å². The Morgan fingerprint density at radius 3 is 2.91 bits per heavy atom. The van der Waals surface area contributed by atoms with E-state index in [-0.39, 0.29) is 18.0 Å². The van der Waals surface area contributed by atoms with Crippen molar-refractivity contribution in [3.05, 3.63) is 36.2 Å². The molecule has 1 aliphatic carbocycles. The van der Waals surface area contributed by atoms with Crippen molar-refractivity contribution >= 4 is 11.8 Å². The van der Waals surface area contributed by atoms with Crippen molar-refractivity contribution in [1.29, 1.82) is 0 Å². The fraction of sp³-hybridized carbons (Fsp3) is 0.565. The highest BCUT2D eigenvalue weighted by atomic mass is 16.5. The second-order valence-corrected chi connectivity index (χ2v) is 8.47. The van der Waals surface area contributed by atoms with Crippen LogP contribution < -0.4 is 10.6 Å². The van der Waals surface area contributed by atoms with Crippen LogP contribution >= 0.6 is 0 Å². The number of aromatic nitrogens is 3. The van der Waals surface area contributed by atoms with E-state index in [1.807, 2.05) is 40.8 Å². The normalized spacial score (nSPS) is 19.2. The Hall–Kier alpha value is -2.82. The first kappa shape index (κ1) is 23.3. The quantitative estimate of drug-likeness (QED) is 0.445. The molecule has 2 fully saturated rings. The molecule has 0 aromatic carbocycles. The van der Waals surface area contributed by atoms with Crippen LogP contribution in [0.25, 0.3) is 11.4 Å². The summed E-state index contributed by atoms with van der Waals surface area (Å²) in [6.45, 7) is 4.33. The summed E-state index contributed by atoms with van der Waals surface area (Å²) in [7, 11) is 0. The number of aryl methyl sites for hydroxylation is 1. The molecule has 2 amide bonds. The van der Waals surface area contributed by atoms with Gasteiger partial charge in [0.15, 0.2) is 0 Å². The molecule has 10 nitrogen and oxygen atoms in total. The summed E-state index contributed by atoms with van der Waals surface area (Å²) in [6.07, 6.45) is 3.91. The molecule has 0 spiro atoms. The van der Waals surface area contributed by atoms with Gasteiger partial charge in [0.2, 0.25) is 5.91 Å². The number of morpholine rings is 1. The van der Waals surface area contributed by atoms with E-state index in [9.17, 15) is 9.59 Å². The fourth-order valence-electron chi connectivity index (χ4n) is 4.12. The van der Waals surface area contributed by atoms with Crippen LogP contribution in [0.15, 0.2) is 30.5 Å². The van der Waals surface area contributed by atoms with Crippen LogP contribution in [0.1, 0.15) is 37.9 Å². The third-order valence-electron chi connectivity index (χ3n) is 5.98. The number of aliphatic hydroxyl groups excluding tert-OH is 1. The van der Waals surface area contributed by atoms with Gasteiger partial charge in [-0.3, -0.25) is 19.3 Å². The van der Waals surface area contributed by atoms with Gasteiger partial charge in [0.25, 0.3) is 5.91 Å². The molecule has 3 N–H and O–H groups in total. The standard InChI is InChI=1S/C23H32N6O4/c1-16(29(17-6-7-17)23(32)21-14-24-10-12-33-21)19-13-20(18-5-2-3-8-25-18)28(27-19)11-4-9-26-22(31)15-30/h2-3,5,8,13,16-17,21,24,30H,4,6-7,9-12,14-15H2,1H3,(H,26,31)/t16-,21+/m0/s1. The minimum absolute atomic E-state index is 0.0119. The molecule has 2 atom stereocenters. The first-order valence-electron chi connectivity index (χ1n) is 11.6. The Balaban J connectivity index is 1.54. The molecule has 1 saturated heterocycles. The largest absolute Gasteiger partial charge is 0.387 e. The highest BCUT2D eigenvalue weighted by Crippen LogP contribution is 2.36. The van der Waals surface area contributed by atoms with Crippen LogP contribution in [0.3, 0.4) is 0 Å². The predicted molar refractivity (Wildman–Crippen MR) is 121 cm³/mol. The number of hydrogen-bond acceptors (Lipinski definition) is 7. The summed E-state index contributed by atoms with van der Waals surface area (Å²) in [5.74, 6) is -0.384. The van der Waals surface area contributed by atoms with Crippen molar-refractivity contribution in [2.75, 3.05) is 32.8 Å². The van der Waals surface area contributed by atoms with Gasteiger partial charge in [0.1, 0.15) is 12.7 Å². The van der Waals surface area contributed by atoms with Gasteiger partial charge >= 0.3 is 0 Å². The van der Waals surface area contributed by atoms with Crippen molar-refractivity contribution in [1.82, 2.24) is 30.3 Å². The molecule has 0 unspecified atom stereocenters. The number of nitrogens with one attached hydrogen (secondary N) is 2. The Morgan fingerprint density at radius 2 is 2.24 bits per heavy atom. The van der Waals surface area contributed by atoms with Gasteiger partial charge in [0.05, 0.1) is 29.7 Å². The lowest BCUT2D eigenvalue weighted by molar-refractivity contribution is -0.148. The van der Waals surface area contributed by atoms with Gasteiger partial charge in [-0.2, -0.15) is 5.10 Å². The Labute approximate surface area is 193 Å². The lowest BCUT2D eigenvalue weighted by Gasteiger charge is -2.33. The van der Waals surface area contributed by atoms with Crippen LogP contribution in [0.4, 0.5) is 0 Å². The van der Waals surface area contributed by atoms with E-state index in [0.29, 0.717) is 32.7 Å². The molecule has 2 aliphatic rings. The number of pyridine rings is 1. The summed E-state index contributed by atoms with van der Waals surface area (Å²) < 4.78 is 7.62. The average Bonchev–Trinajstić information content (AvgIpc) is 3.60. The molecule has 1 saturated carbocycles. The summed E-state index contributed by atoms with van der Waals surface area (Å²) in [5, 5.41) is 19.6. The van der Waals surface area contributed by atoms with Gasteiger partial charge in [0, 0.05) is 38.4 Å². The predicted octanol–water partition coefficient (Wildman–Crippen LogP) is 0.484. The molecule has 178 valence electrons. The molecule has 4 rings (SSSR count). The van der Waals surface area contributed by atoms with Crippen LogP contribution in [0.5, 0.6) is 0 Å². The Kier molecular flexibility index (Phi) is 7.69. The molecule has 10 heteroatoms. The van der Waals surface area contributed by atoms with Crippen molar-refractivity contribution in [2.45, 2.75) is 50.9 Å². The minimum atomic E-state index is -0.520. The molecule has 1 aliphatic heterocycles. The maximum absolute atomic E-state index is 13.3. The average molecular weight is 457 g/mol. The van der Waals surface area contributed by atoms with Gasteiger partial charge in [-0.05, 0) is 44.4 Å². The first-order chi connectivity index (χ1) is 16.1. The summed E-state index contributed by atoms with van der Waals surface area (Å²) in [4.78, 5) is 31.0. The fourth-order valence-corrected chi connectivity index (χ4v) is 4.12. The van der Waals surface area contributed by atoms with E-state index in [1.165, 1.54) is 0 Å². The first-order valence-corrected chi connectivity index (χ1v) is 11.6. The summed E-state index contributed by atoms with van der Waals surface area (Å²) >= 11 is 0. The molecule has 2 aromatic rings. The lowest BCUT2D eigenvalue weighted by atomic mass is 10.1. The number of nitrogens with zero attached hydrogens (tertiary/aromatic N) is 4. The van der Waals surface area contributed by atoms with E-state index < -0.39 is 18.6 Å². The molecule has 2 aromatic heterocycles. The second kappa shape index (κ2) is 10.9. The van der Waals surface area contributed by atoms with E-state index in [4.69, 9.17) is 14.9 Å². The zero-order valence-electron chi connectivity index (χ0n) is 18.9. The molecule has 33 heavy (non-hydrogen) atoms. The zero-order valence-corrected chi connectivity index (χ0v) is 18.9. The lowest BCUT2D eigenvalue weighted by Crippen LogP contribution is -2.50. The maximum Gasteiger partial charge on any atom is 0.253 e. The smallest absolute Gasteiger partial charge is 0.253 e. The maximum atomic E-state index is 13.3. The van der Waals surface area contributed by atoms with Crippen LogP contribution in [0.2, 0.25) is 0 Å². The third-order valence-corrected chi connectivity index (χ3v) is 5.98. The number of rotatable bonds is 10. The highest BCUT2D eigenvalue weighted by Gasteiger charge is 2.40. The van der Waals surface area contributed by atoms with Crippen molar-refractivity contribution in [3.8, 4) is 11.4 Å². The molecule has 3 heterocycles. The zero-order chi connectivity index (χ0) is 23.2. The van der Waals surface area contributed by atoms with Crippen LogP contribution in [0, 0.1) is 0 Å². The van der Waals surface area contributed by atoms with Gasteiger partial charge < -0.3 is 25.4 Å². The van der Waals surface area contributed by atoms with Crippen molar-refractivity contribution in [3.63, 3.8) is 0 Å².